The van der Waals surface area contributed by atoms with Crippen LogP contribution in [0.15, 0.2) is 30.3 Å². The molecule has 3 rings (SSSR count). The van der Waals surface area contributed by atoms with E-state index in [0.717, 1.165) is 18.4 Å². The van der Waals surface area contributed by atoms with Crippen molar-refractivity contribution in [2.75, 3.05) is 0 Å². The fraction of sp³-hybridized carbons (Fsp3) is 0.500. The Hall–Kier alpha value is -2.17. The molecule has 0 aromatic heterocycles. The highest BCUT2D eigenvalue weighted by atomic mass is 16.5. The second-order valence-electron chi connectivity index (χ2n) is 6.27. The van der Waals surface area contributed by atoms with Gasteiger partial charge in [0, 0.05) is 25.3 Å². The molecule has 2 fully saturated rings. The molecule has 0 radical (unpaired) electrons. The molecule has 0 spiro atoms. The first-order chi connectivity index (χ1) is 11.1. The summed E-state index contributed by atoms with van der Waals surface area (Å²) >= 11 is 0. The minimum atomic E-state index is -0.211. The maximum Gasteiger partial charge on any atom is 0.306 e. The molecule has 1 aromatic rings. The predicted octanol–water partition coefficient (Wildman–Crippen LogP) is 2.44. The van der Waals surface area contributed by atoms with E-state index in [1.807, 2.05) is 30.3 Å². The molecule has 5 nitrogen and oxygen atoms in total. The summed E-state index contributed by atoms with van der Waals surface area (Å²) in [6.07, 6.45) is 3.54. The molecule has 1 aromatic carbocycles. The lowest BCUT2D eigenvalue weighted by atomic mass is 9.92. The van der Waals surface area contributed by atoms with Gasteiger partial charge in [-0.2, -0.15) is 0 Å². The van der Waals surface area contributed by atoms with Gasteiger partial charge in [-0.1, -0.05) is 30.3 Å². The fourth-order valence-corrected chi connectivity index (χ4v) is 3.55. The highest BCUT2D eigenvalue weighted by Gasteiger charge is 2.46. The van der Waals surface area contributed by atoms with Crippen LogP contribution in [-0.2, 0) is 25.7 Å². The average molecular weight is 315 g/mol. The molecule has 0 N–H and O–H groups in total. The van der Waals surface area contributed by atoms with Crippen LogP contribution in [0.1, 0.15) is 44.1 Å². The summed E-state index contributed by atoms with van der Waals surface area (Å²) in [7, 11) is 0. The Labute approximate surface area is 135 Å². The maximum atomic E-state index is 11.8. The van der Waals surface area contributed by atoms with Crippen LogP contribution >= 0.6 is 0 Å². The topological polar surface area (TPSA) is 63.7 Å². The smallest absolute Gasteiger partial charge is 0.306 e. The van der Waals surface area contributed by atoms with Gasteiger partial charge in [0.2, 0.25) is 11.8 Å². The first kappa shape index (κ1) is 15.7. The van der Waals surface area contributed by atoms with Crippen LogP contribution in [0.4, 0.5) is 0 Å². The molecule has 2 saturated heterocycles. The molecule has 2 amide bonds. The van der Waals surface area contributed by atoms with Crippen LogP contribution in [-0.4, -0.2) is 28.7 Å². The molecule has 0 aliphatic carbocycles. The number of rotatable bonds is 6. The fourth-order valence-electron chi connectivity index (χ4n) is 3.55. The lowest BCUT2D eigenvalue weighted by Gasteiger charge is -2.18. The zero-order chi connectivity index (χ0) is 16.2. The van der Waals surface area contributed by atoms with Gasteiger partial charge in [-0.3, -0.25) is 19.3 Å². The van der Waals surface area contributed by atoms with Crippen molar-refractivity contribution in [2.24, 2.45) is 5.92 Å². The third kappa shape index (κ3) is 3.60. The van der Waals surface area contributed by atoms with Crippen LogP contribution in [0, 0.1) is 5.92 Å². The summed E-state index contributed by atoms with van der Waals surface area (Å²) in [5.41, 5.74) is 0.974. The van der Waals surface area contributed by atoms with E-state index >= 15 is 0 Å². The van der Waals surface area contributed by atoms with E-state index < -0.39 is 0 Å². The summed E-state index contributed by atoms with van der Waals surface area (Å²) in [6, 6.07) is 9.65. The average Bonchev–Trinajstić information content (AvgIpc) is 3.08. The number of nitrogens with zero attached hydrogens (tertiary/aromatic N) is 1. The van der Waals surface area contributed by atoms with Crippen LogP contribution in [0.5, 0.6) is 0 Å². The standard InChI is InChI=1S/C18H21NO4/c20-16-10-9-15-14(11-17(21)19(15)16)7-4-8-18(22)23-12-13-5-2-1-3-6-13/h1-3,5-6,14-15H,4,7-12H2. The third-order valence-electron chi connectivity index (χ3n) is 4.70. The molecule has 5 heteroatoms. The van der Waals surface area contributed by atoms with Crippen molar-refractivity contribution in [1.82, 2.24) is 4.90 Å². The zero-order valence-corrected chi connectivity index (χ0v) is 13.1. The number of ether oxygens (including phenoxy) is 1. The number of hydrogen-bond donors (Lipinski definition) is 0. The monoisotopic (exact) mass is 315 g/mol. The van der Waals surface area contributed by atoms with Crippen molar-refractivity contribution in [3.05, 3.63) is 35.9 Å². The van der Waals surface area contributed by atoms with Crippen LogP contribution in [0.2, 0.25) is 0 Å². The van der Waals surface area contributed by atoms with Gasteiger partial charge in [0.05, 0.1) is 0 Å². The van der Waals surface area contributed by atoms with E-state index in [0.29, 0.717) is 32.3 Å². The van der Waals surface area contributed by atoms with Crippen molar-refractivity contribution in [3.63, 3.8) is 0 Å². The third-order valence-corrected chi connectivity index (χ3v) is 4.70. The highest BCUT2D eigenvalue weighted by molar-refractivity contribution is 5.99. The van der Waals surface area contributed by atoms with Gasteiger partial charge in [0.25, 0.3) is 0 Å². The number of carbonyl (C=O) groups is 3. The van der Waals surface area contributed by atoms with Gasteiger partial charge in [0.1, 0.15) is 6.61 Å². The molecule has 0 saturated carbocycles. The molecule has 2 aliphatic heterocycles. The Kier molecular flexibility index (Phi) is 4.74. The van der Waals surface area contributed by atoms with Crippen LogP contribution in [0.3, 0.4) is 0 Å². The number of hydrogen-bond acceptors (Lipinski definition) is 4. The zero-order valence-electron chi connectivity index (χ0n) is 13.1. The summed E-state index contributed by atoms with van der Waals surface area (Å²) in [5.74, 6) is -0.0904. The summed E-state index contributed by atoms with van der Waals surface area (Å²) in [4.78, 5) is 36.7. The van der Waals surface area contributed by atoms with Crippen LogP contribution in [0.25, 0.3) is 0 Å². The molecule has 2 aliphatic rings. The Bertz CT molecular complexity index is 598. The SMILES string of the molecule is O=C(CCCC1CC(=O)N2C(=O)CCC12)OCc1ccccc1. The summed E-state index contributed by atoms with van der Waals surface area (Å²) in [6.45, 7) is 0.298. The molecule has 122 valence electrons. The van der Waals surface area contributed by atoms with Gasteiger partial charge in [0.15, 0.2) is 0 Å². The predicted molar refractivity (Wildman–Crippen MR) is 83.1 cm³/mol. The lowest BCUT2D eigenvalue weighted by molar-refractivity contribution is -0.145. The molecule has 23 heavy (non-hydrogen) atoms. The number of carbonyl (C=O) groups excluding carboxylic acids is 3. The second-order valence-corrected chi connectivity index (χ2v) is 6.27. The number of benzene rings is 1. The number of amides is 2. The quantitative estimate of drug-likeness (QED) is 0.597. The first-order valence-electron chi connectivity index (χ1n) is 8.19. The second kappa shape index (κ2) is 6.94. The van der Waals surface area contributed by atoms with E-state index in [1.165, 1.54) is 4.90 Å². The summed E-state index contributed by atoms with van der Waals surface area (Å²) in [5, 5.41) is 0. The van der Waals surface area contributed by atoms with E-state index in [2.05, 4.69) is 0 Å². The molecule has 0 bridgehead atoms. The van der Waals surface area contributed by atoms with E-state index in [1.54, 1.807) is 0 Å². The van der Waals surface area contributed by atoms with Gasteiger partial charge in [-0.25, -0.2) is 0 Å². The molecule has 2 atom stereocenters. The van der Waals surface area contributed by atoms with Gasteiger partial charge < -0.3 is 4.74 Å². The highest BCUT2D eigenvalue weighted by Crippen LogP contribution is 2.37. The Morgan fingerprint density at radius 2 is 1.96 bits per heavy atom. The van der Waals surface area contributed by atoms with E-state index in [-0.39, 0.29) is 29.7 Å². The van der Waals surface area contributed by atoms with Crippen molar-refractivity contribution >= 4 is 17.8 Å². The molecule has 2 unspecified atom stereocenters. The minimum absolute atomic E-state index is 0.0372. The van der Waals surface area contributed by atoms with Crippen LogP contribution < -0.4 is 0 Å². The largest absolute Gasteiger partial charge is 0.461 e. The number of esters is 1. The van der Waals surface area contributed by atoms with Crippen molar-refractivity contribution < 1.29 is 19.1 Å². The van der Waals surface area contributed by atoms with Crippen molar-refractivity contribution in [2.45, 2.75) is 51.2 Å². The van der Waals surface area contributed by atoms with E-state index in [4.69, 9.17) is 4.74 Å². The van der Waals surface area contributed by atoms with Gasteiger partial charge in [-0.05, 0) is 30.7 Å². The summed E-state index contributed by atoms with van der Waals surface area (Å²) < 4.78 is 5.25. The lowest BCUT2D eigenvalue weighted by Crippen LogP contribution is -2.32. The first-order valence-corrected chi connectivity index (χ1v) is 8.19. The maximum absolute atomic E-state index is 11.8. The Morgan fingerprint density at radius 3 is 2.74 bits per heavy atom. The minimum Gasteiger partial charge on any atom is -0.461 e. The number of fused-ring (bicyclic) bond motifs is 1. The molecule has 2 heterocycles. The van der Waals surface area contributed by atoms with Gasteiger partial charge >= 0.3 is 5.97 Å². The van der Waals surface area contributed by atoms with E-state index in [9.17, 15) is 14.4 Å². The van der Waals surface area contributed by atoms with Gasteiger partial charge in [-0.15, -0.1) is 0 Å². The molecular formula is C18H21NO4. The van der Waals surface area contributed by atoms with Crippen molar-refractivity contribution in [3.8, 4) is 0 Å². The molecular weight excluding hydrogens is 294 g/mol. The Morgan fingerprint density at radius 1 is 1.17 bits per heavy atom. The van der Waals surface area contributed by atoms with Crippen molar-refractivity contribution in [1.29, 1.82) is 0 Å². The number of imide groups is 1. The normalized spacial score (nSPS) is 23.2. The Balaban J connectivity index is 1.39.